The molecule has 3 rings (SSSR count). The molecule has 0 saturated carbocycles. The lowest BCUT2D eigenvalue weighted by atomic mass is 10.1. The van der Waals surface area contributed by atoms with Crippen molar-refractivity contribution in [2.45, 2.75) is 26.3 Å². The number of esters is 1. The summed E-state index contributed by atoms with van der Waals surface area (Å²) in [4.78, 5) is 24.3. The third-order valence-corrected chi connectivity index (χ3v) is 6.86. The van der Waals surface area contributed by atoms with E-state index in [-0.39, 0.29) is 23.3 Å². The van der Waals surface area contributed by atoms with E-state index in [1.54, 1.807) is 25.1 Å². The van der Waals surface area contributed by atoms with Crippen molar-refractivity contribution in [3.05, 3.63) is 51.7 Å². The van der Waals surface area contributed by atoms with E-state index in [9.17, 15) is 18.0 Å². The lowest BCUT2D eigenvalue weighted by Crippen LogP contribution is -2.16. The fraction of sp³-hybridized carbons (Fsp3) is 0.368. The molecule has 1 unspecified atom stereocenters. The number of furan rings is 1. The minimum Gasteiger partial charge on any atom is -0.454 e. The highest BCUT2D eigenvalue weighted by atomic mass is 79.9. The summed E-state index contributed by atoms with van der Waals surface area (Å²) >= 11 is 3.16. The third kappa shape index (κ3) is 4.64. The second-order valence-corrected chi connectivity index (χ2v) is 9.73. The second kappa shape index (κ2) is 8.08. The minimum atomic E-state index is -3.03. The zero-order valence-corrected chi connectivity index (χ0v) is 17.9. The van der Waals surface area contributed by atoms with Crippen LogP contribution in [0, 0.1) is 13.8 Å². The molecule has 1 saturated heterocycles. The van der Waals surface area contributed by atoms with E-state index in [0.29, 0.717) is 28.1 Å². The molecule has 28 heavy (non-hydrogen) atoms. The molecule has 0 aromatic carbocycles. The van der Waals surface area contributed by atoms with Crippen LogP contribution in [0.5, 0.6) is 0 Å². The predicted molar refractivity (Wildman–Crippen MR) is 107 cm³/mol. The maximum absolute atomic E-state index is 12.5. The Bertz CT molecular complexity index is 1050. The molecule has 0 N–H and O–H groups in total. The van der Waals surface area contributed by atoms with E-state index in [4.69, 9.17) is 9.15 Å². The normalized spacial score (nSPS) is 18.6. The molecule has 0 spiro atoms. The Hall–Kier alpha value is -2.13. The minimum absolute atomic E-state index is 0.0830. The van der Waals surface area contributed by atoms with E-state index >= 15 is 0 Å². The number of ketones is 1. The Morgan fingerprint density at radius 2 is 2.11 bits per heavy atom. The summed E-state index contributed by atoms with van der Waals surface area (Å²) in [7, 11) is -3.03. The Kier molecular flexibility index (Phi) is 5.95. The quantitative estimate of drug-likeness (QED) is 0.366. The van der Waals surface area contributed by atoms with Crippen molar-refractivity contribution in [1.29, 1.82) is 0 Å². The number of hydrogen-bond donors (Lipinski definition) is 0. The standard InChI is InChI=1S/C19H20BrNO6S/c1-12-9-16(13(2)21(12)14-7-8-28(24,25)11-14)17(22)10-26-19(23)6-4-15-3-5-18(20)27-15/h3-6,9,14H,7-8,10-11H2,1-2H3/b6-4+. The maximum atomic E-state index is 12.5. The molecule has 3 heterocycles. The summed E-state index contributed by atoms with van der Waals surface area (Å²) < 4.78 is 36.2. The second-order valence-electron chi connectivity index (χ2n) is 6.72. The van der Waals surface area contributed by atoms with Gasteiger partial charge in [0.05, 0.1) is 11.5 Å². The first-order valence-electron chi connectivity index (χ1n) is 8.68. The van der Waals surface area contributed by atoms with Crippen molar-refractivity contribution in [1.82, 2.24) is 4.57 Å². The van der Waals surface area contributed by atoms with E-state index in [2.05, 4.69) is 15.9 Å². The van der Waals surface area contributed by atoms with Crippen molar-refractivity contribution in [2.75, 3.05) is 18.1 Å². The van der Waals surface area contributed by atoms with Gasteiger partial charge >= 0.3 is 5.97 Å². The summed E-state index contributed by atoms with van der Waals surface area (Å²) in [5.74, 6) is -0.266. The number of nitrogens with zero attached hydrogens (tertiary/aromatic N) is 1. The molecule has 7 nitrogen and oxygen atoms in total. The smallest absolute Gasteiger partial charge is 0.331 e. The number of hydrogen-bond acceptors (Lipinski definition) is 6. The highest BCUT2D eigenvalue weighted by Gasteiger charge is 2.31. The van der Waals surface area contributed by atoms with E-state index < -0.39 is 22.4 Å². The topological polar surface area (TPSA) is 95.6 Å². The lowest BCUT2D eigenvalue weighted by molar-refractivity contribution is -0.136. The third-order valence-electron chi connectivity index (χ3n) is 4.68. The van der Waals surface area contributed by atoms with Crippen molar-refractivity contribution < 1.29 is 27.2 Å². The molecule has 0 aliphatic carbocycles. The molecule has 0 amide bonds. The largest absolute Gasteiger partial charge is 0.454 e. The van der Waals surface area contributed by atoms with Gasteiger partial charge in [-0.15, -0.1) is 0 Å². The van der Waals surface area contributed by atoms with Gasteiger partial charge in [0.15, 0.2) is 21.1 Å². The number of Topliss-reactive ketones (excluding diaryl/α,β-unsaturated/α-hetero) is 1. The number of carbonyl (C=O) groups is 2. The first-order chi connectivity index (χ1) is 13.2. The van der Waals surface area contributed by atoms with Crippen LogP contribution in [0.15, 0.2) is 33.4 Å². The van der Waals surface area contributed by atoms with Gasteiger partial charge in [0, 0.05) is 29.1 Å². The summed E-state index contributed by atoms with van der Waals surface area (Å²) in [6.45, 7) is 3.23. The number of sulfone groups is 1. The highest BCUT2D eigenvalue weighted by Crippen LogP contribution is 2.29. The summed E-state index contributed by atoms with van der Waals surface area (Å²) in [6, 6.07) is 4.92. The van der Waals surface area contributed by atoms with Gasteiger partial charge in [-0.1, -0.05) is 0 Å². The van der Waals surface area contributed by atoms with Crippen molar-refractivity contribution in [3.63, 3.8) is 0 Å². The van der Waals surface area contributed by atoms with E-state index in [0.717, 1.165) is 5.69 Å². The van der Waals surface area contributed by atoms with Crippen LogP contribution in [0.4, 0.5) is 0 Å². The van der Waals surface area contributed by atoms with Gasteiger partial charge in [-0.3, -0.25) is 4.79 Å². The molecule has 2 aromatic heterocycles. The predicted octanol–water partition coefficient (Wildman–Crippen LogP) is 3.26. The molecular weight excluding hydrogens is 450 g/mol. The van der Waals surface area contributed by atoms with Crippen LogP contribution in [0.25, 0.3) is 6.08 Å². The molecule has 1 atom stereocenters. The Morgan fingerprint density at radius 1 is 1.36 bits per heavy atom. The van der Waals surface area contributed by atoms with Crippen LogP contribution >= 0.6 is 15.9 Å². The van der Waals surface area contributed by atoms with Gasteiger partial charge in [-0.2, -0.15) is 0 Å². The van der Waals surface area contributed by atoms with Crippen LogP contribution in [0.1, 0.15) is 40.0 Å². The fourth-order valence-corrected chi connectivity index (χ4v) is 5.45. The molecule has 0 radical (unpaired) electrons. The lowest BCUT2D eigenvalue weighted by Gasteiger charge is -2.16. The molecule has 9 heteroatoms. The van der Waals surface area contributed by atoms with Gasteiger partial charge in [0.25, 0.3) is 0 Å². The number of carbonyl (C=O) groups excluding carboxylic acids is 2. The first-order valence-corrected chi connectivity index (χ1v) is 11.3. The molecular formula is C19H20BrNO6S. The number of ether oxygens (including phenoxy) is 1. The summed E-state index contributed by atoms with van der Waals surface area (Å²) in [6.07, 6.45) is 3.17. The molecule has 1 aliphatic heterocycles. The van der Waals surface area contributed by atoms with Crippen LogP contribution in [0.2, 0.25) is 0 Å². The molecule has 150 valence electrons. The van der Waals surface area contributed by atoms with Crippen LogP contribution in [0.3, 0.4) is 0 Å². The van der Waals surface area contributed by atoms with Gasteiger partial charge < -0.3 is 13.7 Å². The molecule has 2 aromatic rings. The van der Waals surface area contributed by atoms with Crippen LogP contribution < -0.4 is 0 Å². The Morgan fingerprint density at radius 3 is 2.71 bits per heavy atom. The van der Waals surface area contributed by atoms with Gasteiger partial charge in [0.1, 0.15) is 5.76 Å². The molecule has 0 bridgehead atoms. The van der Waals surface area contributed by atoms with E-state index in [1.807, 2.05) is 11.5 Å². The van der Waals surface area contributed by atoms with Gasteiger partial charge in [-0.25, -0.2) is 13.2 Å². The van der Waals surface area contributed by atoms with Crippen molar-refractivity contribution in [3.8, 4) is 0 Å². The molecule has 1 fully saturated rings. The monoisotopic (exact) mass is 469 g/mol. The summed E-state index contributed by atoms with van der Waals surface area (Å²) in [5.41, 5.74) is 1.95. The number of halogens is 1. The van der Waals surface area contributed by atoms with E-state index in [1.165, 1.54) is 12.2 Å². The average Bonchev–Trinajstić information content (AvgIpc) is 3.28. The maximum Gasteiger partial charge on any atom is 0.331 e. The average molecular weight is 470 g/mol. The fourth-order valence-electron chi connectivity index (χ4n) is 3.43. The van der Waals surface area contributed by atoms with Crippen molar-refractivity contribution >= 4 is 43.6 Å². The van der Waals surface area contributed by atoms with Crippen molar-refractivity contribution in [2.24, 2.45) is 0 Å². The van der Waals surface area contributed by atoms with Crippen LogP contribution in [-0.4, -0.2) is 42.9 Å². The molecule has 1 aliphatic rings. The Labute approximate surface area is 171 Å². The zero-order chi connectivity index (χ0) is 20.5. The SMILES string of the molecule is Cc1cc(C(=O)COC(=O)/C=C/c2ccc(Br)o2)c(C)n1C1CCS(=O)(=O)C1. The first kappa shape index (κ1) is 20.6. The zero-order valence-electron chi connectivity index (χ0n) is 15.5. The van der Waals surface area contributed by atoms with Gasteiger partial charge in [0.2, 0.25) is 5.78 Å². The highest BCUT2D eigenvalue weighted by molar-refractivity contribution is 9.10. The van der Waals surface area contributed by atoms with Gasteiger partial charge in [-0.05, 0) is 60.5 Å². The number of aryl methyl sites for hydroxylation is 1. The number of aromatic nitrogens is 1. The Balaban J connectivity index is 1.64. The number of rotatable bonds is 6. The summed E-state index contributed by atoms with van der Waals surface area (Å²) in [5, 5.41) is 0. The van der Waals surface area contributed by atoms with Crippen LogP contribution in [-0.2, 0) is 19.4 Å².